The van der Waals surface area contributed by atoms with Gasteiger partial charge in [-0.25, -0.2) is 0 Å². The molecule has 39 heavy (non-hydrogen) atoms. The average molecular weight is 520 g/mol. The second-order valence-electron chi connectivity index (χ2n) is 9.91. The molecule has 1 amide bonds. The lowest BCUT2D eigenvalue weighted by atomic mass is 9.76. The highest BCUT2D eigenvalue weighted by Crippen LogP contribution is 2.51. The summed E-state index contributed by atoms with van der Waals surface area (Å²) in [5, 5.41) is 0. The van der Waals surface area contributed by atoms with Crippen LogP contribution in [-0.4, -0.2) is 23.9 Å². The molecule has 0 spiro atoms. The van der Waals surface area contributed by atoms with Gasteiger partial charge in [0.15, 0.2) is 11.5 Å². The molecular formula is C34H33NO4. The summed E-state index contributed by atoms with van der Waals surface area (Å²) in [6.45, 7) is 2.05. The highest BCUT2D eigenvalue weighted by molar-refractivity contribution is 5.88. The van der Waals surface area contributed by atoms with Crippen molar-refractivity contribution in [3.8, 4) is 11.5 Å². The molecule has 1 saturated heterocycles. The molecule has 198 valence electrons. The molecule has 1 heterocycles. The molecule has 3 atom stereocenters. The summed E-state index contributed by atoms with van der Waals surface area (Å²) in [7, 11) is 1.57. The van der Waals surface area contributed by atoms with Gasteiger partial charge in [-0.15, -0.1) is 0 Å². The number of amides is 1. The van der Waals surface area contributed by atoms with Crippen molar-refractivity contribution in [2.75, 3.05) is 7.11 Å². The number of ether oxygens (including phenoxy) is 2. The van der Waals surface area contributed by atoms with E-state index in [1.165, 1.54) is 0 Å². The third kappa shape index (κ3) is 5.73. The van der Waals surface area contributed by atoms with Crippen LogP contribution in [0.15, 0.2) is 109 Å². The summed E-state index contributed by atoms with van der Waals surface area (Å²) in [6, 6.07) is 35.1. The number of benzene rings is 4. The van der Waals surface area contributed by atoms with Crippen molar-refractivity contribution in [2.24, 2.45) is 5.92 Å². The Morgan fingerprint density at radius 3 is 2.08 bits per heavy atom. The lowest BCUT2D eigenvalue weighted by Crippen LogP contribution is -2.56. The second-order valence-corrected chi connectivity index (χ2v) is 9.91. The van der Waals surface area contributed by atoms with Crippen LogP contribution in [0.4, 0.5) is 0 Å². The maximum absolute atomic E-state index is 13.7. The number of carbonyl (C=O) groups is 2. The maximum atomic E-state index is 13.7. The van der Waals surface area contributed by atoms with Gasteiger partial charge < -0.3 is 14.4 Å². The van der Waals surface area contributed by atoms with E-state index in [-0.39, 0.29) is 36.3 Å². The van der Waals surface area contributed by atoms with Crippen LogP contribution in [0, 0.1) is 5.92 Å². The second kappa shape index (κ2) is 12.0. The molecule has 0 saturated carbocycles. The predicted molar refractivity (Wildman–Crippen MR) is 151 cm³/mol. The number of para-hydroxylation sites is 1. The van der Waals surface area contributed by atoms with Gasteiger partial charge in [0.1, 0.15) is 0 Å². The van der Waals surface area contributed by atoms with Gasteiger partial charge in [-0.1, -0.05) is 103 Å². The van der Waals surface area contributed by atoms with Crippen LogP contribution in [0.2, 0.25) is 0 Å². The summed E-state index contributed by atoms with van der Waals surface area (Å²) in [5.74, 6) is 0.332. The number of β-lactam (4-membered cyclic amide) rings is 1. The first-order chi connectivity index (χ1) is 19.1. The Labute approximate surface area is 230 Å². The standard InChI is InChI=1S/C34H33NO4/c1-24(27-17-10-5-11-18-27)35-32(29(34(35)37)23-26-15-8-4-9-16-26)28-19-12-20-30(38-2)33(28)39-31(36)22-21-25-13-6-3-7-14-25/h3-20,24,29,32H,21-23H2,1-2H3/t24-,29-,32-/m0/s1. The zero-order chi connectivity index (χ0) is 27.2. The molecule has 5 heteroatoms. The van der Waals surface area contributed by atoms with E-state index in [0.29, 0.717) is 24.3 Å². The van der Waals surface area contributed by atoms with Gasteiger partial charge in [0.2, 0.25) is 5.91 Å². The molecule has 0 unspecified atom stereocenters. The molecule has 1 aliphatic rings. The van der Waals surface area contributed by atoms with Crippen molar-refractivity contribution in [1.82, 2.24) is 4.90 Å². The average Bonchev–Trinajstić information content (AvgIpc) is 2.99. The summed E-state index contributed by atoms with van der Waals surface area (Å²) >= 11 is 0. The fourth-order valence-corrected chi connectivity index (χ4v) is 5.42. The van der Waals surface area contributed by atoms with Gasteiger partial charge in [-0.05, 0) is 42.5 Å². The first kappa shape index (κ1) is 26.2. The molecule has 0 aliphatic carbocycles. The largest absolute Gasteiger partial charge is 0.493 e. The molecule has 5 nitrogen and oxygen atoms in total. The molecule has 0 bridgehead atoms. The van der Waals surface area contributed by atoms with Crippen molar-refractivity contribution in [2.45, 2.75) is 38.3 Å². The van der Waals surface area contributed by atoms with Gasteiger partial charge in [0.25, 0.3) is 0 Å². The number of carbonyl (C=O) groups excluding carboxylic acids is 2. The van der Waals surface area contributed by atoms with Crippen molar-refractivity contribution in [1.29, 1.82) is 0 Å². The Kier molecular flexibility index (Phi) is 8.07. The Bertz CT molecular complexity index is 1410. The van der Waals surface area contributed by atoms with E-state index in [2.05, 4.69) is 0 Å². The number of esters is 1. The lowest BCUT2D eigenvalue weighted by molar-refractivity contribution is -0.161. The van der Waals surface area contributed by atoms with Crippen molar-refractivity contribution in [3.63, 3.8) is 0 Å². The van der Waals surface area contributed by atoms with E-state index < -0.39 is 0 Å². The van der Waals surface area contributed by atoms with Gasteiger partial charge in [-0.3, -0.25) is 9.59 Å². The van der Waals surface area contributed by atoms with E-state index in [9.17, 15) is 9.59 Å². The fourth-order valence-electron chi connectivity index (χ4n) is 5.42. The van der Waals surface area contributed by atoms with Crippen LogP contribution in [0.1, 0.15) is 47.7 Å². The number of methoxy groups -OCH3 is 1. The van der Waals surface area contributed by atoms with Gasteiger partial charge in [0, 0.05) is 12.0 Å². The van der Waals surface area contributed by atoms with Crippen LogP contribution in [0.25, 0.3) is 0 Å². The Balaban J connectivity index is 1.47. The molecule has 0 radical (unpaired) electrons. The van der Waals surface area contributed by atoms with E-state index in [1.807, 2.05) is 115 Å². The summed E-state index contributed by atoms with van der Waals surface area (Å²) in [6.07, 6.45) is 1.42. The van der Waals surface area contributed by atoms with Crippen LogP contribution < -0.4 is 9.47 Å². The van der Waals surface area contributed by atoms with E-state index in [4.69, 9.17) is 9.47 Å². The van der Waals surface area contributed by atoms with Crippen molar-refractivity contribution >= 4 is 11.9 Å². The molecule has 5 rings (SSSR count). The zero-order valence-electron chi connectivity index (χ0n) is 22.3. The number of hydrogen-bond acceptors (Lipinski definition) is 4. The van der Waals surface area contributed by atoms with E-state index in [0.717, 1.165) is 22.3 Å². The Hall–Kier alpha value is -4.38. The monoisotopic (exact) mass is 519 g/mol. The SMILES string of the molecule is COc1cccc([C@H]2[C@H](Cc3ccccc3)C(=O)N2[C@@H](C)c2ccccc2)c1OC(=O)CCc1ccccc1. The minimum Gasteiger partial charge on any atom is -0.493 e. The van der Waals surface area contributed by atoms with Crippen LogP contribution in [-0.2, 0) is 22.4 Å². The first-order valence-electron chi connectivity index (χ1n) is 13.4. The molecule has 4 aromatic carbocycles. The topological polar surface area (TPSA) is 55.8 Å². The van der Waals surface area contributed by atoms with Crippen molar-refractivity contribution < 1.29 is 19.1 Å². The smallest absolute Gasteiger partial charge is 0.311 e. The number of likely N-dealkylation sites (tertiary alicyclic amines) is 1. The van der Waals surface area contributed by atoms with Gasteiger partial charge >= 0.3 is 5.97 Å². The molecule has 1 fully saturated rings. The third-order valence-corrected chi connectivity index (χ3v) is 7.47. The fraction of sp³-hybridized carbons (Fsp3) is 0.235. The molecule has 4 aromatic rings. The van der Waals surface area contributed by atoms with E-state index >= 15 is 0 Å². The third-order valence-electron chi connectivity index (χ3n) is 7.47. The molecular weight excluding hydrogens is 486 g/mol. The highest BCUT2D eigenvalue weighted by atomic mass is 16.6. The minimum absolute atomic E-state index is 0.0874. The van der Waals surface area contributed by atoms with Crippen LogP contribution in [0.3, 0.4) is 0 Å². The Morgan fingerprint density at radius 2 is 1.44 bits per heavy atom. The first-order valence-corrected chi connectivity index (χ1v) is 13.4. The van der Waals surface area contributed by atoms with Crippen LogP contribution in [0.5, 0.6) is 11.5 Å². The molecule has 0 N–H and O–H groups in total. The highest BCUT2D eigenvalue weighted by Gasteiger charge is 2.51. The number of nitrogens with zero attached hydrogens (tertiary/aromatic N) is 1. The summed E-state index contributed by atoms with van der Waals surface area (Å²) in [4.78, 5) is 28.7. The number of aryl methyl sites for hydroxylation is 1. The lowest BCUT2D eigenvalue weighted by Gasteiger charge is -2.51. The number of rotatable bonds is 10. The molecule has 1 aliphatic heterocycles. The van der Waals surface area contributed by atoms with Crippen molar-refractivity contribution in [3.05, 3.63) is 131 Å². The van der Waals surface area contributed by atoms with E-state index in [1.54, 1.807) is 13.2 Å². The normalized spacial score (nSPS) is 17.3. The molecule has 0 aromatic heterocycles. The number of hydrogen-bond donors (Lipinski definition) is 0. The van der Waals surface area contributed by atoms with Crippen LogP contribution >= 0.6 is 0 Å². The zero-order valence-corrected chi connectivity index (χ0v) is 22.3. The Morgan fingerprint density at radius 1 is 0.821 bits per heavy atom. The minimum atomic E-state index is -0.336. The van der Waals surface area contributed by atoms with Gasteiger partial charge in [-0.2, -0.15) is 0 Å². The van der Waals surface area contributed by atoms with Gasteiger partial charge in [0.05, 0.1) is 25.1 Å². The summed E-state index contributed by atoms with van der Waals surface area (Å²) in [5.41, 5.74) is 4.01. The quantitative estimate of drug-likeness (QED) is 0.132. The predicted octanol–water partition coefficient (Wildman–Crippen LogP) is 6.74. The maximum Gasteiger partial charge on any atom is 0.311 e. The summed E-state index contributed by atoms with van der Waals surface area (Å²) < 4.78 is 11.7.